The van der Waals surface area contributed by atoms with Gasteiger partial charge in [-0.25, -0.2) is 4.79 Å². The molecule has 1 fully saturated rings. The van der Waals surface area contributed by atoms with E-state index in [0.29, 0.717) is 28.2 Å². The van der Waals surface area contributed by atoms with Gasteiger partial charge in [0.2, 0.25) is 0 Å². The van der Waals surface area contributed by atoms with Crippen molar-refractivity contribution in [1.82, 2.24) is 9.55 Å². The van der Waals surface area contributed by atoms with Gasteiger partial charge in [0.1, 0.15) is 0 Å². The molecule has 3 nitrogen and oxygen atoms in total. The molecular formula is C18H14Cl2N2O. The van der Waals surface area contributed by atoms with Crippen LogP contribution in [0.5, 0.6) is 0 Å². The van der Waals surface area contributed by atoms with E-state index in [2.05, 4.69) is 4.98 Å². The van der Waals surface area contributed by atoms with Gasteiger partial charge in [0.15, 0.2) is 0 Å². The first kappa shape index (κ1) is 14.7. The molecular weight excluding hydrogens is 331 g/mol. The Morgan fingerprint density at radius 3 is 2.57 bits per heavy atom. The molecule has 0 radical (unpaired) electrons. The van der Waals surface area contributed by atoms with E-state index in [1.807, 2.05) is 36.4 Å². The van der Waals surface area contributed by atoms with Crippen molar-refractivity contribution in [2.24, 2.45) is 5.92 Å². The molecule has 1 heterocycles. The van der Waals surface area contributed by atoms with E-state index in [9.17, 15) is 4.79 Å². The third-order valence-corrected chi connectivity index (χ3v) is 4.68. The second kappa shape index (κ2) is 5.66. The largest absolute Gasteiger partial charge is 0.348 e. The minimum atomic E-state index is -0.257. The van der Waals surface area contributed by atoms with Gasteiger partial charge in [-0.1, -0.05) is 53.5 Å². The molecule has 23 heavy (non-hydrogen) atoms. The lowest BCUT2D eigenvalue weighted by atomic mass is 10.1. The van der Waals surface area contributed by atoms with E-state index >= 15 is 0 Å². The molecule has 1 aliphatic carbocycles. The van der Waals surface area contributed by atoms with Crippen LogP contribution in [0.2, 0.25) is 10.0 Å². The summed E-state index contributed by atoms with van der Waals surface area (Å²) in [6, 6.07) is 13.2. The summed E-state index contributed by atoms with van der Waals surface area (Å²) in [6.07, 6.45) is 2.30. The fraction of sp³-hybridized carbons (Fsp3) is 0.222. The number of aromatic nitrogens is 2. The van der Waals surface area contributed by atoms with Crippen molar-refractivity contribution in [2.75, 3.05) is 0 Å². The molecule has 0 N–H and O–H groups in total. The molecule has 0 aliphatic heterocycles. The smallest absolute Gasteiger partial charge is 0.290 e. The maximum Gasteiger partial charge on any atom is 0.348 e. The van der Waals surface area contributed by atoms with Crippen molar-refractivity contribution in [3.8, 4) is 11.3 Å². The van der Waals surface area contributed by atoms with Crippen molar-refractivity contribution in [3.63, 3.8) is 0 Å². The Kier molecular flexibility index (Phi) is 3.63. The Bertz CT molecular complexity index is 947. The number of fused-ring (bicyclic) bond motifs is 1. The number of halogens is 2. The molecule has 1 saturated carbocycles. The quantitative estimate of drug-likeness (QED) is 0.685. The number of rotatable bonds is 3. The van der Waals surface area contributed by atoms with Gasteiger partial charge < -0.3 is 0 Å². The molecule has 1 aliphatic rings. The summed E-state index contributed by atoms with van der Waals surface area (Å²) in [5.74, 6) is 0.548. The lowest BCUT2D eigenvalue weighted by Gasteiger charge is -2.14. The SMILES string of the molecule is O=c1nc(-c2ccccc2)c2cc(Cl)cc(Cl)c2n1CC1CC1. The lowest BCUT2D eigenvalue weighted by molar-refractivity contribution is 0.614. The third-order valence-electron chi connectivity index (χ3n) is 4.18. The van der Waals surface area contributed by atoms with Gasteiger partial charge in [-0.2, -0.15) is 4.98 Å². The summed E-state index contributed by atoms with van der Waals surface area (Å²) < 4.78 is 1.69. The van der Waals surface area contributed by atoms with Crippen LogP contribution in [0, 0.1) is 5.92 Å². The van der Waals surface area contributed by atoms with Crippen molar-refractivity contribution in [2.45, 2.75) is 19.4 Å². The molecule has 0 spiro atoms. The van der Waals surface area contributed by atoms with Gasteiger partial charge in [0.25, 0.3) is 0 Å². The highest BCUT2D eigenvalue weighted by atomic mass is 35.5. The Balaban J connectivity index is 2.07. The summed E-state index contributed by atoms with van der Waals surface area (Å²) in [7, 11) is 0. The van der Waals surface area contributed by atoms with Crippen molar-refractivity contribution < 1.29 is 0 Å². The second-order valence-corrected chi connectivity index (χ2v) is 6.79. The fourth-order valence-corrected chi connectivity index (χ4v) is 3.47. The molecule has 2 aromatic carbocycles. The minimum absolute atomic E-state index is 0.257. The molecule has 5 heteroatoms. The van der Waals surface area contributed by atoms with Gasteiger partial charge in [0.05, 0.1) is 16.2 Å². The van der Waals surface area contributed by atoms with E-state index < -0.39 is 0 Å². The first-order chi connectivity index (χ1) is 11.1. The molecule has 116 valence electrons. The molecule has 0 atom stereocenters. The maximum atomic E-state index is 12.6. The summed E-state index contributed by atoms with van der Waals surface area (Å²) in [6.45, 7) is 0.665. The average Bonchev–Trinajstić information content (AvgIpc) is 3.34. The first-order valence-electron chi connectivity index (χ1n) is 7.58. The standard InChI is InChI=1S/C18H14Cl2N2O/c19-13-8-14-16(12-4-2-1-3-5-12)21-18(23)22(10-11-6-7-11)17(14)15(20)9-13/h1-5,8-9,11H,6-7,10H2. The zero-order valence-electron chi connectivity index (χ0n) is 12.3. The van der Waals surface area contributed by atoms with Gasteiger partial charge in [-0.15, -0.1) is 0 Å². The third kappa shape index (κ3) is 2.75. The predicted octanol–water partition coefficient (Wildman–Crippen LogP) is 4.78. The first-order valence-corrected chi connectivity index (χ1v) is 8.34. The van der Waals surface area contributed by atoms with Crippen LogP contribution in [0.25, 0.3) is 22.2 Å². The summed E-state index contributed by atoms with van der Waals surface area (Å²) in [5.41, 5.74) is 1.97. The molecule has 1 aromatic heterocycles. The summed E-state index contributed by atoms with van der Waals surface area (Å²) >= 11 is 12.6. The van der Waals surface area contributed by atoms with E-state index in [1.54, 1.807) is 10.6 Å². The average molecular weight is 345 g/mol. The number of hydrogen-bond acceptors (Lipinski definition) is 2. The summed E-state index contributed by atoms with van der Waals surface area (Å²) in [4.78, 5) is 16.9. The predicted molar refractivity (Wildman–Crippen MR) is 94.2 cm³/mol. The van der Waals surface area contributed by atoms with Crippen LogP contribution in [0.15, 0.2) is 47.3 Å². The van der Waals surface area contributed by atoms with E-state index in [0.717, 1.165) is 29.3 Å². The van der Waals surface area contributed by atoms with Crippen LogP contribution < -0.4 is 5.69 Å². The van der Waals surface area contributed by atoms with Crippen LogP contribution in [0.4, 0.5) is 0 Å². The number of nitrogens with zero attached hydrogens (tertiary/aromatic N) is 2. The molecule has 0 saturated heterocycles. The van der Waals surface area contributed by atoms with Crippen molar-refractivity contribution >= 4 is 34.1 Å². The highest BCUT2D eigenvalue weighted by molar-refractivity contribution is 6.38. The molecule has 4 rings (SSSR count). The Morgan fingerprint density at radius 2 is 1.87 bits per heavy atom. The number of benzene rings is 2. The van der Waals surface area contributed by atoms with Crippen LogP contribution in [0.3, 0.4) is 0 Å². The monoisotopic (exact) mass is 344 g/mol. The van der Waals surface area contributed by atoms with Crippen LogP contribution >= 0.6 is 23.2 Å². The van der Waals surface area contributed by atoms with Crippen LogP contribution in [0.1, 0.15) is 12.8 Å². The normalized spacial score (nSPS) is 14.3. The number of hydrogen-bond donors (Lipinski definition) is 0. The van der Waals surface area contributed by atoms with Crippen molar-refractivity contribution in [1.29, 1.82) is 0 Å². The van der Waals surface area contributed by atoms with Gasteiger partial charge >= 0.3 is 5.69 Å². The Hall–Kier alpha value is -1.84. The molecule has 0 unspecified atom stereocenters. The molecule has 0 bridgehead atoms. The molecule has 3 aromatic rings. The van der Waals surface area contributed by atoms with Crippen LogP contribution in [-0.2, 0) is 6.54 Å². The lowest BCUT2D eigenvalue weighted by Crippen LogP contribution is -2.25. The van der Waals surface area contributed by atoms with Gasteiger partial charge in [0, 0.05) is 22.5 Å². The summed E-state index contributed by atoms with van der Waals surface area (Å²) in [5, 5.41) is 1.84. The van der Waals surface area contributed by atoms with Crippen LogP contribution in [-0.4, -0.2) is 9.55 Å². The highest BCUT2D eigenvalue weighted by Gasteiger charge is 2.25. The Morgan fingerprint density at radius 1 is 1.13 bits per heavy atom. The van der Waals surface area contributed by atoms with Crippen molar-refractivity contribution in [3.05, 3.63) is 63.0 Å². The Labute approximate surface area is 143 Å². The van der Waals surface area contributed by atoms with E-state index in [4.69, 9.17) is 23.2 Å². The topological polar surface area (TPSA) is 34.9 Å². The molecule has 0 amide bonds. The van der Waals surface area contributed by atoms with E-state index in [1.165, 1.54) is 0 Å². The minimum Gasteiger partial charge on any atom is -0.290 e. The van der Waals surface area contributed by atoms with Gasteiger partial charge in [-0.3, -0.25) is 4.57 Å². The maximum absolute atomic E-state index is 12.6. The second-order valence-electron chi connectivity index (χ2n) is 5.95. The zero-order valence-corrected chi connectivity index (χ0v) is 13.8. The van der Waals surface area contributed by atoms with Gasteiger partial charge in [-0.05, 0) is 30.9 Å². The van der Waals surface area contributed by atoms with E-state index in [-0.39, 0.29) is 5.69 Å². The highest BCUT2D eigenvalue weighted by Crippen LogP contribution is 2.35. The fourth-order valence-electron chi connectivity index (χ4n) is 2.88. The zero-order chi connectivity index (χ0) is 16.0.